The third kappa shape index (κ3) is 536. The molecule has 0 fully saturated rings. The molecule has 0 unspecified atom stereocenters. The SMILES string of the molecule is [Ba+2].[Mg+2].[O]=[Nb](=[O])[O-].[O]=[Nb](=[O])[O-].[O]=[Nb](=[O])[O-].[O]=[Nb](=[O])[O-]. The van der Waals surface area contributed by atoms with Crippen molar-refractivity contribution < 1.29 is 116 Å². The fourth-order valence-corrected chi connectivity index (χ4v) is 0. The van der Waals surface area contributed by atoms with Crippen LogP contribution < -0.4 is 14.5 Å². The second-order valence-corrected chi connectivity index (χ2v) is 5.29. The Hall–Kier alpha value is 3.54. The van der Waals surface area contributed by atoms with E-state index < -0.39 is 75.1 Å². The van der Waals surface area contributed by atoms with E-state index in [2.05, 4.69) is 0 Å². The van der Waals surface area contributed by atoms with Crippen molar-refractivity contribution in [3.8, 4) is 0 Å². The average Bonchev–Trinajstić information content (AvgIpc) is 1.76. The molecule has 0 aliphatic rings. The van der Waals surface area contributed by atoms with E-state index in [0.29, 0.717) is 0 Å². The molecule has 18 heavy (non-hydrogen) atoms. The van der Waals surface area contributed by atoms with E-state index in [4.69, 9.17) is 40.5 Å². The molecule has 0 radical (unpaired) electrons. The van der Waals surface area contributed by atoms with Gasteiger partial charge in [0, 0.05) is 0 Å². The summed E-state index contributed by atoms with van der Waals surface area (Å²) in [6.07, 6.45) is 0. The Morgan fingerprint density at radius 2 is 0.444 bits per heavy atom. The van der Waals surface area contributed by atoms with Gasteiger partial charge in [-0.1, -0.05) is 0 Å². The normalized spacial score (nSPS) is 5.56. The minimum absolute atomic E-state index is 0. The summed E-state index contributed by atoms with van der Waals surface area (Å²) in [6, 6.07) is 0. The third-order valence-corrected chi connectivity index (χ3v) is 0. The molecule has 18 heteroatoms. The molecule has 0 aromatic heterocycles. The second kappa shape index (κ2) is 32.5. The van der Waals surface area contributed by atoms with Crippen LogP contribution in [0, 0.1) is 0 Å². The summed E-state index contributed by atoms with van der Waals surface area (Å²) in [5.74, 6) is 0. The first-order chi connectivity index (χ1) is 6.93. The molecule has 96 valence electrons. The van der Waals surface area contributed by atoms with Gasteiger partial charge in [-0.05, 0) is 0 Å². The van der Waals surface area contributed by atoms with E-state index >= 15 is 0 Å². The maximum absolute atomic E-state index is 8.60. The van der Waals surface area contributed by atoms with Crippen LogP contribution in [0.15, 0.2) is 0 Å². The van der Waals surface area contributed by atoms with Crippen LogP contribution >= 0.6 is 0 Å². The Kier molecular flexibility index (Phi) is 67.9. The molecule has 0 heterocycles. The van der Waals surface area contributed by atoms with Gasteiger partial charge >= 0.3 is 188 Å². The Morgan fingerprint density at radius 3 is 0.444 bits per heavy atom. The molecule has 0 spiro atoms. The maximum atomic E-state index is 8.60. The van der Waals surface area contributed by atoms with Gasteiger partial charge in [-0.2, -0.15) is 0 Å². The molecule has 0 aromatic rings. The first-order valence-corrected chi connectivity index (χ1v) is 13.0. The summed E-state index contributed by atoms with van der Waals surface area (Å²) in [5, 5.41) is 0. The summed E-state index contributed by atoms with van der Waals surface area (Å²) < 4.78 is 103. The fraction of sp³-hybridized carbons (Fsp3) is 0. The van der Waals surface area contributed by atoms with Crippen LogP contribution in [-0.2, 0) is 101 Å². The Bertz CT molecular complexity index is 298. The second-order valence-electron chi connectivity index (χ2n) is 0.894. The molecule has 0 saturated carbocycles. The number of hydrogen-bond acceptors (Lipinski definition) is 12. The quantitative estimate of drug-likeness (QED) is 0.213. The van der Waals surface area contributed by atoms with E-state index in [1.807, 2.05) is 0 Å². The van der Waals surface area contributed by atoms with Gasteiger partial charge in [0.2, 0.25) is 0 Å². The van der Waals surface area contributed by atoms with Crippen molar-refractivity contribution >= 4 is 71.9 Å². The summed E-state index contributed by atoms with van der Waals surface area (Å²) >= 11 is -16.8. The molecule has 0 rings (SSSR count). The van der Waals surface area contributed by atoms with Gasteiger partial charge in [0.1, 0.15) is 0 Å². The summed E-state index contributed by atoms with van der Waals surface area (Å²) in [6.45, 7) is 0. The van der Waals surface area contributed by atoms with E-state index in [9.17, 15) is 0 Å². The van der Waals surface area contributed by atoms with Crippen LogP contribution in [0.4, 0.5) is 0 Å². The molecule has 0 bridgehead atoms. The molecule has 0 aliphatic carbocycles. The molecule has 0 aromatic carbocycles. The molecule has 0 aliphatic heterocycles. The van der Waals surface area contributed by atoms with Crippen LogP contribution in [0.2, 0.25) is 0 Å². The van der Waals surface area contributed by atoms with E-state index in [-0.39, 0.29) is 71.9 Å². The molecule has 0 atom stereocenters. The summed E-state index contributed by atoms with van der Waals surface area (Å²) in [4.78, 5) is 0. The topological polar surface area (TPSA) is 229 Å². The Morgan fingerprint density at radius 1 is 0.444 bits per heavy atom. The van der Waals surface area contributed by atoms with Gasteiger partial charge in [0.15, 0.2) is 0 Å². The van der Waals surface area contributed by atoms with Crippen molar-refractivity contribution in [2.45, 2.75) is 0 Å². The first-order valence-electron chi connectivity index (χ1n) is 2.19. The van der Waals surface area contributed by atoms with E-state index in [0.717, 1.165) is 0 Å². The van der Waals surface area contributed by atoms with Crippen molar-refractivity contribution in [2.75, 3.05) is 0 Å². The molecular weight excluding hydrogens is 725 g/mol. The van der Waals surface area contributed by atoms with Crippen molar-refractivity contribution in [1.29, 1.82) is 0 Å². The van der Waals surface area contributed by atoms with Gasteiger partial charge in [0.05, 0.1) is 0 Å². The van der Waals surface area contributed by atoms with Gasteiger partial charge in [-0.25, -0.2) is 0 Å². The zero-order valence-electron chi connectivity index (χ0n) is 8.10. The zero-order valence-corrected chi connectivity index (χ0v) is 22.8. The number of hydrogen-bond donors (Lipinski definition) is 0. The van der Waals surface area contributed by atoms with Crippen molar-refractivity contribution in [3.05, 3.63) is 0 Å². The van der Waals surface area contributed by atoms with Crippen LogP contribution in [0.3, 0.4) is 0 Å². The average molecular weight is 725 g/mol. The number of rotatable bonds is 0. The molecule has 0 amide bonds. The van der Waals surface area contributed by atoms with Gasteiger partial charge in [-0.3, -0.25) is 0 Å². The predicted molar refractivity (Wildman–Crippen MR) is 17.0 cm³/mol. The summed E-state index contributed by atoms with van der Waals surface area (Å²) in [7, 11) is 0. The summed E-state index contributed by atoms with van der Waals surface area (Å²) in [5.41, 5.74) is 0. The van der Waals surface area contributed by atoms with Crippen LogP contribution in [0.1, 0.15) is 0 Å². The first kappa shape index (κ1) is 37.6. The van der Waals surface area contributed by atoms with E-state index in [1.54, 1.807) is 0 Å². The van der Waals surface area contributed by atoms with Crippen LogP contribution in [0.5, 0.6) is 0 Å². The van der Waals surface area contributed by atoms with Crippen LogP contribution in [-0.4, -0.2) is 71.9 Å². The van der Waals surface area contributed by atoms with Gasteiger partial charge in [-0.15, -0.1) is 0 Å². The molecular formula is BaMgNb4O12. The zero-order chi connectivity index (χ0) is 14.3. The van der Waals surface area contributed by atoms with Crippen molar-refractivity contribution in [2.24, 2.45) is 0 Å². The standard InChI is InChI=1S/Ba.Mg.4Nb.12O/q2*+2;;;;;;;;;;;;;4*-1. The van der Waals surface area contributed by atoms with E-state index in [1.165, 1.54) is 0 Å². The van der Waals surface area contributed by atoms with Gasteiger partial charge < -0.3 is 0 Å². The van der Waals surface area contributed by atoms with Gasteiger partial charge in [0.25, 0.3) is 0 Å². The third-order valence-electron chi connectivity index (χ3n) is 0. The van der Waals surface area contributed by atoms with Crippen molar-refractivity contribution in [1.82, 2.24) is 0 Å². The molecule has 0 N–H and O–H groups in total. The fourth-order valence-electron chi connectivity index (χ4n) is 0. The van der Waals surface area contributed by atoms with Crippen LogP contribution in [0.25, 0.3) is 0 Å². The Labute approximate surface area is 183 Å². The Balaban J connectivity index is -0.0000000257. The minimum atomic E-state index is -4.20. The molecule has 0 saturated heterocycles. The predicted octanol–water partition coefficient (Wildman–Crippen LogP) is -6.48. The monoisotopic (exact) mass is 725 g/mol. The molecule has 12 nitrogen and oxygen atoms in total. The van der Waals surface area contributed by atoms with Crippen molar-refractivity contribution in [3.63, 3.8) is 0 Å².